The highest BCUT2D eigenvalue weighted by Crippen LogP contribution is 2.16. The van der Waals surface area contributed by atoms with Crippen molar-refractivity contribution in [2.24, 2.45) is 0 Å². The van der Waals surface area contributed by atoms with E-state index in [1.807, 2.05) is 24.3 Å². The molecule has 0 atom stereocenters. The summed E-state index contributed by atoms with van der Waals surface area (Å²) in [7, 11) is 0. The Hall–Kier alpha value is -2.73. The number of aryl methyl sites for hydroxylation is 1. The third-order valence-electron chi connectivity index (χ3n) is 3.40. The molecule has 0 saturated carbocycles. The maximum Gasteiger partial charge on any atom is 0.253 e. The molecule has 2 aromatic carbocycles. The molecule has 0 aliphatic heterocycles. The largest absolute Gasteiger partial charge is 0.348 e. The number of aromatic nitrogens is 4. The van der Waals surface area contributed by atoms with Crippen LogP contribution in [0.25, 0.3) is 5.69 Å². The van der Waals surface area contributed by atoms with Gasteiger partial charge in [0.25, 0.3) is 5.91 Å². The lowest BCUT2D eigenvalue weighted by Gasteiger charge is -2.11. The van der Waals surface area contributed by atoms with Crippen LogP contribution in [-0.2, 0) is 6.54 Å². The second-order valence-electron chi connectivity index (χ2n) is 4.93. The van der Waals surface area contributed by atoms with Crippen LogP contribution in [-0.4, -0.2) is 26.1 Å². The number of carbonyl (C=O) groups excluding carboxylic acids is 1. The molecule has 0 aliphatic rings. The fourth-order valence-electron chi connectivity index (χ4n) is 2.22. The number of amides is 1. The summed E-state index contributed by atoms with van der Waals surface area (Å²) >= 11 is 6.11. The Labute approximate surface area is 138 Å². The Balaban J connectivity index is 1.84. The maximum atomic E-state index is 12.5. The molecule has 7 heteroatoms. The minimum Gasteiger partial charge on any atom is -0.348 e. The molecule has 0 spiro atoms. The highest BCUT2D eigenvalue weighted by Gasteiger charge is 2.15. The van der Waals surface area contributed by atoms with E-state index >= 15 is 0 Å². The van der Waals surface area contributed by atoms with Crippen molar-refractivity contribution in [1.82, 2.24) is 25.5 Å². The van der Waals surface area contributed by atoms with Gasteiger partial charge >= 0.3 is 0 Å². The van der Waals surface area contributed by atoms with Crippen molar-refractivity contribution in [2.45, 2.75) is 13.5 Å². The average molecular weight is 328 g/mol. The van der Waals surface area contributed by atoms with Crippen LogP contribution in [0.4, 0.5) is 0 Å². The van der Waals surface area contributed by atoms with Gasteiger partial charge in [-0.25, -0.2) is 0 Å². The molecule has 0 bridgehead atoms. The molecule has 116 valence electrons. The number of rotatable bonds is 4. The van der Waals surface area contributed by atoms with Gasteiger partial charge in [-0.05, 0) is 41.1 Å². The van der Waals surface area contributed by atoms with Crippen molar-refractivity contribution >= 4 is 17.5 Å². The number of nitrogens with zero attached hydrogens (tertiary/aromatic N) is 4. The zero-order chi connectivity index (χ0) is 16.2. The highest BCUT2D eigenvalue weighted by atomic mass is 35.5. The summed E-state index contributed by atoms with van der Waals surface area (Å²) in [4.78, 5) is 12.5. The minimum absolute atomic E-state index is 0.213. The number of carbonyl (C=O) groups is 1. The maximum absolute atomic E-state index is 12.5. The van der Waals surface area contributed by atoms with Gasteiger partial charge in [0.15, 0.2) is 5.82 Å². The molecule has 3 aromatic rings. The van der Waals surface area contributed by atoms with E-state index in [9.17, 15) is 4.79 Å². The molecule has 1 N–H and O–H groups in total. The second-order valence-corrected chi connectivity index (χ2v) is 5.34. The smallest absolute Gasteiger partial charge is 0.253 e. The first-order valence-electron chi connectivity index (χ1n) is 7.03. The standard InChI is InChI=1S/C16H14ClN5O/c1-11-19-20-21-22(11)15-9-5-3-7-13(15)16(23)18-10-12-6-2-4-8-14(12)17/h2-9H,10H2,1H3,(H,18,23). The predicted octanol–water partition coefficient (Wildman–Crippen LogP) is 2.55. The lowest BCUT2D eigenvalue weighted by atomic mass is 10.1. The van der Waals surface area contributed by atoms with Gasteiger partial charge in [0.05, 0.1) is 11.3 Å². The zero-order valence-corrected chi connectivity index (χ0v) is 13.2. The number of hydrogen-bond donors (Lipinski definition) is 1. The van der Waals surface area contributed by atoms with Gasteiger partial charge in [-0.3, -0.25) is 4.79 Å². The molecule has 1 amide bonds. The van der Waals surface area contributed by atoms with Crippen molar-refractivity contribution in [3.05, 3.63) is 70.5 Å². The molecule has 6 nitrogen and oxygen atoms in total. The molecule has 23 heavy (non-hydrogen) atoms. The van der Waals surface area contributed by atoms with Gasteiger partial charge in [-0.2, -0.15) is 4.68 Å². The van der Waals surface area contributed by atoms with Crippen LogP contribution in [0.5, 0.6) is 0 Å². The van der Waals surface area contributed by atoms with E-state index in [4.69, 9.17) is 11.6 Å². The fraction of sp³-hybridized carbons (Fsp3) is 0.125. The first-order valence-corrected chi connectivity index (χ1v) is 7.40. The van der Waals surface area contributed by atoms with E-state index in [0.717, 1.165) is 5.56 Å². The van der Waals surface area contributed by atoms with Crippen LogP contribution >= 0.6 is 11.6 Å². The van der Waals surface area contributed by atoms with E-state index < -0.39 is 0 Å². The third kappa shape index (κ3) is 3.22. The summed E-state index contributed by atoms with van der Waals surface area (Å²) in [5.74, 6) is 0.395. The van der Waals surface area contributed by atoms with Gasteiger partial charge < -0.3 is 5.32 Å². The molecule has 1 heterocycles. The highest BCUT2D eigenvalue weighted by molar-refractivity contribution is 6.31. The molecule has 3 rings (SSSR count). The Morgan fingerprint density at radius 2 is 1.91 bits per heavy atom. The van der Waals surface area contributed by atoms with Crippen LogP contribution in [0, 0.1) is 6.92 Å². The average Bonchev–Trinajstić information content (AvgIpc) is 3.00. The molecule has 0 aliphatic carbocycles. The second kappa shape index (κ2) is 6.58. The van der Waals surface area contributed by atoms with Crippen molar-refractivity contribution in [2.75, 3.05) is 0 Å². The summed E-state index contributed by atoms with van der Waals surface area (Å²) in [6, 6.07) is 14.6. The van der Waals surface area contributed by atoms with Crippen LogP contribution in [0.1, 0.15) is 21.7 Å². The fourth-order valence-corrected chi connectivity index (χ4v) is 2.42. The Kier molecular flexibility index (Phi) is 4.34. The molecule has 0 fully saturated rings. The summed E-state index contributed by atoms with van der Waals surface area (Å²) in [5.41, 5.74) is 1.99. The quantitative estimate of drug-likeness (QED) is 0.799. The van der Waals surface area contributed by atoms with Gasteiger partial charge in [-0.1, -0.05) is 41.9 Å². The molecule has 1 aromatic heterocycles. The van der Waals surface area contributed by atoms with Crippen molar-refractivity contribution in [1.29, 1.82) is 0 Å². The van der Waals surface area contributed by atoms with E-state index in [1.165, 1.54) is 4.68 Å². The first-order chi connectivity index (χ1) is 11.2. The predicted molar refractivity (Wildman–Crippen MR) is 86.5 cm³/mol. The molecule has 0 saturated heterocycles. The third-order valence-corrected chi connectivity index (χ3v) is 3.77. The SMILES string of the molecule is Cc1nnnn1-c1ccccc1C(=O)NCc1ccccc1Cl. The van der Waals surface area contributed by atoms with Crippen molar-refractivity contribution in [3.63, 3.8) is 0 Å². The van der Waals surface area contributed by atoms with Crippen LogP contribution < -0.4 is 5.32 Å². The van der Waals surface area contributed by atoms with Crippen molar-refractivity contribution in [3.8, 4) is 5.69 Å². The lowest BCUT2D eigenvalue weighted by Crippen LogP contribution is -2.24. The van der Waals surface area contributed by atoms with Gasteiger partial charge in [-0.15, -0.1) is 5.10 Å². The summed E-state index contributed by atoms with van der Waals surface area (Å²) in [5, 5.41) is 14.9. The number of para-hydroxylation sites is 1. The molecule has 0 unspecified atom stereocenters. The molecule has 0 radical (unpaired) electrons. The van der Waals surface area contributed by atoms with E-state index in [-0.39, 0.29) is 5.91 Å². The van der Waals surface area contributed by atoms with Crippen molar-refractivity contribution < 1.29 is 4.79 Å². The summed E-state index contributed by atoms with van der Waals surface area (Å²) in [6.07, 6.45) is 0. The first kappa shape index (κ1) is 15.2. The number of benzene rings is 2. The minimum atomic E-state index is -0.213. The topological polar surface area (TPSA) is 72.7 Å². The Morgan fingerprint density at radius 1 is 1.17 bits per heavy atom. The van der Waals surface area contributed by atoms with Crippen LogP contribution in [0.2, 0.25) is 5.02 Å². The Morgan fingerprint density at radius 3 is 2.65 bits per heavy atom. The van der Waals surface area contributed by atoms with Gasteiger partial charge in [0.1, 0.15) is 0 Å². The number of nitrogens with one attached hydrogen (secondary N) is 1. The Bertz CT molecular complexity index is 846. The van der Waals surface area contributed by atoms with Gasteiger partial charge in [0.2, 0.25) is 0 Å². The normalized spacial score (nSPS) is 10.5. The number of tetrazole rings is 1. The van der Waals surface area contributed by atoms with E-state index in [0.29, 0.717) is 28.6 Å². The van der Waals surface area contributed by atoms with E-state index in [2.05, 4.69) is 20.8 Å². The number of halogens is 1. The lowest BCUT2D eigenvalue weighted by molar-refractivity contribution is 0.0951. The molecular formula is C16H14ClN5O. The summed E-state index contributed by atoms with van der Waals surface area (Å²) < 4.78 is 1.53. The number of hydrogen-bond acceptors (Lipinski definition) is 4. The summed E-state index contributed by atoms with van der Waals surface area (Å²) in [6.45, 7) is 2.12. The van der Waals surface area contributed by atoms with E-state index in [1.54, 1.807) is 31.2 Å². The van der Waals surface area contributed by atoms with Crippen LogP contribution in [0.15, 0.2) is 48.5 Å². The monoisotopic (exact) mass is 327 g/mol. The molecular weight excluding hydrogens is 314 g/mol. The zero-order valence-electron chi connectivity index (χ0n) is 12.4. The van der Waals surface area contributed by atoms with Crippen LogP contribution in [0.3, 0.4) is 0 Å². The van der Waals surface area contributed by atoms with Gasteiger partial charge in [0, 0.05) is 11.6 Å².